The molecule has 0 saturated heterocycles. The molecule has 0 bridgehead atoms. The second-order valence-electron chi connectivity index (χ2n) is 3.14. The number of aromatic nitrogens is 2. The fourth-order valence-electron chi connectivity index (χ4n) is 1.31. The highest BCUT2D eigenvalue weighted by Crippen LogP contribution is 2.26. The molecule has 0 aliphatic heterocycles. The summed E-state index contributed by atoms with van der Waals surface area (Å²) in [5.41, 5.74) is 11.5. The van der Waals surface area contributed by atoms with E-state index >= 15 is 0 Å². The number of nitrogens with zero attached hydrogens (tertiary/aromatic N) is 2. The monoisotopic (exact) mass is 282 g/mol. The van der Waals surface area contributed by atoms with Crippen LogP contribution < -0.4 is 11.5 Å². The zero-order valence-corrected chi connectivity index (χ0v) is 9.70. The Morgan fingerprint density at radius 1 is 1.19 bits per heavy atom. The first-order chi connectivity index (χ1) is 7.58. The summed E-state index contributed by atoms with van der Waals surface area (Å²) in [5, 5.41) is 0. The van der Waals surface area contributed by atoms with Crippen LogP contribution in [-0.4, -0.2) is 9.97 Å². The van der Waals surface area contributed by atoms with Gasteiger partial charge in [-0.1, -0.05) is 28.1 Å². The normalized spacial score (nSPS) is 10.4. The first-order valence-electron chi connectivity index (χ1n) is 4.42. The average Bonchev–Trinajstić information content (AvgIpc) is 2.23. The van der Waals surface area contributed by atoms with Crippen LogP contribution in [0.4, 0.5) is 16.2 Å². The fraction of sp³-hybridized carbons (Fsp3) is 0. The van der Waals surface area contributed by atoms with Crippen LogP contribution in [0.15, 0.2) is 28.7 Å². The van der Waals surface area contributed by atoms with Crippen molar-refractivity contribution in [3.05, 3.63) is 34.6 Å². The summed E-state index contributed by atoms with van der Waals surface area (Å²) < 4.78 is 14.5. The summed E-state index contributed by atoms with van der Waals surface area (Å²) in [5.74, 6) is -0.955. The van der Waals surface area contributed by atoms with Gasteiger partial charge in [0, 0.05) is 10.0 Å². The number of nitrogens with two attached hydrogens (primary N) is 2. The third kappa shape index (κ3) is 1.96. The Hall–Kier alpha value is -1.69. The van der Waals surface area contributed by atoms with Gasteiger partial charge in [-0.25, -0.2) is 9.37 Å². The summed E-state index contributed by atoms with van der Waals surface area (Å²) in [7, 11) is 0. The SMILES string of the molecule is Nc1nc(N)c(F)c(-c2cccc(Br)c2)n1. The molecular weight excluding hydrogens is 275 g/mol. The second kappa shape index (κ2) is 4.05. The van der Waals surface area contributed by atoms with Gasteiger partial charge in [0.15, 0.2) is 11.6 Å². The van der Waals surface area contributed by atoms with Gasteiger partial charge in [0.1, 0.15) is 5.69 Å². The molecule has 1 aromatic heterocycles. The first kappa shape index (κ1) is 10.8. The van der Waals surface area contributed by atoms with E-state index in [1.165, 1.54) is 0 Å². The Morgan fingerprint density at radius 2 is 1.94 bits per heavy atom. The molecule has 0 aliphatic rings. The van der Waals surface area contributed by atoms with E-state index < -0.39 is 5.82 Å². The summed E-state index contributed by atoms with van der Waals surface area (Å²) in [6.07, 6.45) is 0. The van der Waals surface area contributed by atoms with Gasteiger partial charge in [0.2, 0.25) is 5.95 Å². The highest BCUT2D eigenvalue weighted by molar-refractivity contribution is 9.10. The Morgan fingerprint density at radius 3 is 2.62 bits per heavy atom. The van der Waals surface area contributed by atoms with Gasteiger partial charge in [-0.05, 0) is 12.1 Å². The zero-order chi connectivity index (χ0) is 11.7. The van der Waals surface area contributed by atoms with Gasteiger partial charge < -0.3 is 11.5 Å². The van der Waals surface area contributed by atoms with E-state index in [0.29, 0.717) is 5.56 Å². The molecule has 0 aliphatic carbocycles. The van der Waals surface area contributed by atoms with Gasteiger partial charge in [0.25, 0.3) is 0 Å². The molecule has 1 heterocycles. The lowest BCUT2D eigenvalue weighted by Crippen LogP contribution is -2.05. The van der Waals surface area contributed by atoms with Gasteiger partial charge in [-0.3, -0.25) is 0 Å². The van der Waals surface area contributed by atoms with Crippen LogP contribution in [0, 0.1) is 5.82 Å². The molecule has 4 N–H and O–H groups in total. The third-order valence-corrected chi connectivity index (χ3v) is 2.49. The highest BCUT2D eigenvalue weighted by Gasteiger charge is 2.12. The van der Waals surface area contributed by atoms with Crippen LogP contribution in [0.1, 0.15) is 0 Å². The minimum Gasteiger partial charge on any atom is -0.381 e. The Balaban J connectivity index is 2.64. The summed E-state index contributed by atoms with van der Waals surface area (Å²) in [4.78, 5) is 7.38. The predicted octanol–water partition coefficient (Wildman–Crippen LogP) is 2.21. The molecule has 2 aromatic rings. The number of hydrogen-bond donors (Lipinski definition) is 2. The maximum Gasteiger partial charge on any atom is 0.222 e. The highest BCUT2D eigenvalue weighted by atomic mass is 79.9. The predicted molar refractivity (Wildman–Crippen MR) is 64.0 cm³/mol. The van der Waals surface area contributed by atoms with Crippen LogP contribution >= 0.6 is 15.9 Å². The topological polar surface area (TPSA) is 77.8 Å². The largest absolute Gasteiger partial charge is 0.381 e. The van der Waals surface area contributed by atoms with Crippen LogP contribution in [0.25, 0.3) is 11.3 Å². The summed E-state index contributed by atoms with van der Waals surface area (Å²) >= 11 is 3.29. The average molecular weight is 283 g/mol. The van der Waals surface area contributed by atoms with E-state index in [9.17, 15) is 4.39 Å². The van der Waals surface area contributed by atoms with Crippen molar-refractivity contribution >= 4 is 27.7 Å². The Bertz CT molecular complexity index is 544. The van der Waals surface area contributed by atoms with Crippen molar-refractivity contribution in [3.63, 3.8) is 0 Å². The van der Waals surface area contributed by atoms with Crippen LogP contribution in [0.5, 0.6) is 0 Å². The lowest BCUT2D eigenvalue weighted by Gasteiger charge is -2.05. The Labute approximate surface area is 99.6 Å². The number of halogens is 2. The van der Waals surface area contributed by atoms with Gasteiger partial charge in [-0.15, -0.1) is 0 Å². The van der Waals surface area contributed by atoms with Gasteiger partial charge in [-0.2, -0.15) is 4.98 Å². The number of rotatable bonds is 1. The van der Waals surface area contributed by atoms with E-state index in [1.807, 2.05) is 6.07 Å². The lowest BCUT2D eigenvalue weighted by atomic mass is 10.1. The number of nitrogen functional groups attached to an aromatic ring is 2. The molecule has 0 spiro atoms. The zero-order valence-electron chi connectivity index (χ0n) is 8.11. The van der Waals surface area contributed by atoms with Gasteiger partial charge in [0.05, 0.1) is 0 Å². The molecule has 0 atom stereocenters. The molecule has 0 radical (unpaired) electrons. The van der Waals surface area contributed by atoms with Crippen LogP contribution in [0.2, 0.25) is 0 Å². The quantitative estimate of drug-likeness (QED) is 0.841. The standard InChI is InChI=1S/C10H8BrFN4/c11-6-3-1-2-5(4-6)8-7(12)9(13)16-10(14)15-8/h1-4H,(H4,13,14,15,16). The van der Waals surface area contributed by atoms with E-state index in [2.05, 4.69) is 25.9 Å². The van der Waals surface area contributed by atoms with E-state index in [4.69, 9.17) is 11.5 Å². The number of benzene rings is 1. The van der Waals surface area contributed by atoms with Crippen LogP contribution in [0.3, 0.4) is 0 Å². The summed E-state index contributed by atoms with van der Waals surface area (Å²) in [6, 6.07) is 7.04. The molecule has 0 unspecified atom stereocenters. The van der Waals surface area contributed by atoms with E-state index in [-0.39, 0.29) is 17.5 Å². The molecular formula is C10H8BrFN4. The first-order valence-corrected chi connectivity index (χ1v) is 5.21. The minimum absolute atomic E-state index is 0.0473. The maximum atomic E-state index is 13.7. The second-order valence-corrected chi connectivity index (χ2v) is 4.06. The summed E-state index contributed by atoms with van der Waals surface area (Å²) in [6.45, 7) is 0. The molecule has 82 valence electrons. The van der Waals surface area contributed by atoms with Crippen molar-refractivity contribution in [1.82, 2.24) is 9.97 Å². The molecule has 1 aromatic carbocycles. The molecule has 6 heteroatoms. The Kier molecular flexibility index (Phi) is 2.74. The molecule has 0 fully saturated rings. The smallest absolute Gasteiger partial charge is 0.222 e. The molecule has 2 rings (SSSR count). The number of anilines is 2. The molecule has 0 amide bonds. The van der Waals surface area contributed by atoms with Crippen molar-refractivity contribution in [1.29, 1.82) is 0 Å². The molecule has 4 nitrogen and oxygen atoms in total. The number of hydrogen-bond acceptors (Lipinski definition) is 4. The van der Waals surface area contributed by atoms with Crippen molar-refractivity contribution < 1.29 is 4.39 Å². The molecule has 0 saturated carbocycles. The van der Waals surface area contributed by atoms with E-state index in [0.717, 1.165) is 4.47 Å². The van der Waals surface area contributed by atoms with Crippen molar-refractivity contribution in [3.8, 4) is 11.3 Å². The maximum absolute atomic E-state index is 13.7. The third-order valence-electron chi connectivity index (χ3n) is 1.99. The van der Waals surface area contributed by atoms with Crippen molar-refractivity contribution in [2.45, 2.75) is 0 Å². The van der Waals surface area contributed by atoms with Crippen LogP contribution in [-0.2, 0) is 0 Å². The molecule has 16 heavy (non-hydrogen) atoms. The van der Waals surface area contributed by atoms with Crippen molar-refractivity contribution in [2.24, 2.45) is 0 Å². The lowest BCUT2D eigenvalue weighted by molar-refractivity contribution is 0.625. The van der Waals surface area contributed by atoms with E-state index in [1.54, 1.807) is 18.2 Å². The van der Waals surface area contributed by atoms with Gasteiger partial charge >= 0.3 is 0 Å². The minimum atomic E-state index is -0.660. The fourth-order valence-corrected chi connectivity index (χ4v) is 1.71. The van der Waals surface area contributed by atoms with Crippen molar-refractivity contribution in [2.75, 3.05) is 11.5 Å².